The Balaban J connectivity index is 2.35. The van der Waals surface area contributed by atoms with Crippen LogP contribution in [0.15, 0.2) is 54.6 Å². The summed E-state index contributed by atoms with van der Waals surface area (Å²) in [6.45, 7) is 0. The van der Waals surface area contributed by atoms with E-state index in [0.29, 0.717) is 16.8 Å². The molecule has 1 heterocycles. The van der Waals surface area contributed by atoms with Crippen LogP contribution in [0.4, 0.5) is 0 Å². The van der Waals surface area contributed by atoms with Gasteiger partial charge in [-0.2, -0.15) is 5.26 Å². The van der Waals surface area contributed by atoms with E-state index in [1.54, 1.807) is 18.2 Å². The topological polar surface area (TPSA) is 56.9 Å². The van der Waals surface area contributed by atoms with Gasteiger partial charge in [0.25, 0.3) is 0 Å². The molecule has 0 amide bonds. The maximum atomic E-state index is 9.92. The second-order valence-corrected chi connectivity index (χ2v) is 4.21. The van der Waals surface area contributed by atoms with Crippen molar-refractivity contribution in [1.82, 2.24) is 4.98 Å². The van der Waals surface area contributed by atoms with Crippen LogP contribution < -0.4 is 0 Å². The van der Waals surface area contributed by atoms with Crippen LogP contribution in [-0.2, 0) is 0 Å². The zero-order valence-corrected chi connectivity index (χ0v) is 10.0. The second kappa shape index (κ2) is 4.43. The van der Waals surface area contributed by atoms with Crippen LogP contribution in [0.2, 0.25) is 0 Å². The van der Waals surface area contributed by atoms with Crippen LogP contribution >= 0.6 is 0 Å². The predicted octanol–water partition coefficient (Wildman–Crippen LogP) is 3.48. The molecule has 0 bridgehead atoms. The molecule has 19 heavy (non-hydrogen) atoms. The third-order valence-corrected chi connectivity index (χ3v) is 3.02. The SMILES string of the molecule is N#Cc1nc2ccccc2cc1-c1ccccc1O. The normalized spacial score (nSPS) is 10.3. The summed E-state index contributed by atoms with van der Waals surface area (Å²) in [5, 5.41) is 20.1. The van der Waals surface area contributed by atoms with E-state index in [-0.39, 0.29) is 5.75 Å². The number of hydrogen-bond acceptors (Lipinski definition) is 3. The van der Waals surface area contributed by atoms with Gasteiger partial charge in [0, 0.05) is 16.5 Å². The van der Waals surface area contributed by atoms with Gasteiger partial charge in [0.05, 0.1) is 5.52 Å². The van der Waals surface area contributed by atoms with Crippen molar-refractivity contribution >= 4 is 10.9 Å². The average Bonchev–Trinajstić information content (AvgIpc) is 2.46. The number of phenolic OH excluding ortho intramolecular Hbond substituents is 1. The van der Waals surface area contributed by atoms with Crippen LogP contribution in [0.5, 0.6) is 5.75 Å². The lowest BCUT2D eigenvalue weighted by molar-refractivity contribution is 0.477. The molecule has 3 nitrogen and oxygen atoms in total. The van der Waals surface area contributed by atoms with Gasteiger partial charge in [0.2, 0.25) is 0 Å². The van der Waals surface area contributed by atoms with E-state index in [1.807, 2.05) is 36.4 Å². The first-order chi connectivity index (χ1) is 9.29. The Morgan fingerprint density at radius 1 is 0.947 bits per heavy atom. The third-order valence-electron chi connectivity index (χ3n) is 3.02. The Hall–Kier alpha value is -2.86. The molecule has 0 aliphatic carbocycles. The number of phenols is 1. The second-order valence-electron chi connectivity index (χ2n) is 4.21. The zero-order chi connectivity index (χ0) is 13.2. The highest BCUT2D eigenvalue weighted by atomic mass is 16.3. The number of benzene rings is 2. The highest BCUT2D eigenvalue weighted by Gasteiger charge is 2.11. The van der Waals surface area contributed by atoms with E-state index in [0.717, 1.165) is 10.9 Å². The molecule has 0 atom stereocenters. The number of aromatic hydroxyl groups is 1. The maximum absolute atomic E-state index is 9.92. The molecule has 0 saturated heterocycles. The largest absolute Gasteiger partial charge is 0.507 e. The molecule has 0 aliphatic rings. The van der Waals surface area contributed by atoms with Gasteiger partial charge in [0.1, 0.15) is 17.5 Å². The summed E-state index contributed by atoms with van der Waals surface area (Å²) in [5.74, 6) is 0.149. The molecule has 0 fully saturated rings. The van der Waals surface area contributed by atoms with Gasteiger partial charge < -0.3 is 5.11 Å². The zero-order valence-electron chi connectivity index (χ0n) is 10.0. The lowest BCUT2D eigenvalue weighted by atomic mass is 10.0. The molecule has 1 N–H and O–H groups in total. The van der Waals surface area contributed by atoms with Gasteiger partial charge >= 0.3 is 0 Å². The van der Waals surface area contributed by atoms with Crippen LogP contribution in [0.1, 0.15) is 5.69 Å². The fourth-order valence-electron chi connectivity index (χ4n) is 2.11. The molecular weight excluding hydrogens is 236 g/mol. The van der Waals surface area contributed by atoms with E-state index >= 15 is 0 Å². The molecule has 3 heteroatoms. The number of hydrogen-bond donors (Lipinski definition) is 1. The highest BCUT2D eigenvalue weighted by molar-refractivity contribution is 5.87. The fourth-order valence-corrected chi connectivity index (χ4v) is 2.11. The number of nitriles is 1. The Bertz CT molecular complexity index is 803. The summed E-state index contributed by atoms with van der Waals surface area (Å²) >= 11 is 0. The molecule has 3 aromatic rings. The van der Waals surface area contributed by atoms with Crippen molar-refractivity contribution in [3.63, 3.8) is 0 Å². The lowest BCUT2D eigenvalue weighted by Gasteiger charge is -2.07. The minimum Gasteiger partial charge on any atom is -0.507 e. The lowest BCUT2D eigenvalue weighted by Crippen LogP contribution is -1.91. The number of aromatic nitrogens is 1. The summed E-state index contributed by atoms with van der Waals surface area (Å²) in [7, 11) is 0. The molecule has 2 aromatic carbocycles. The van der Waals surface area contributed by atoms with Gasteiger partial charge in [-0.15, -0.1) is 0 Å². The van der Waals surface area contributed by atoms with E-state index in [2.05, 4.69) is 11.1 Å². The summed E-state index contributed by atoms with van der Waals surface area (Å²) in [6.07, 6.45) is 0. The fraction of sp³-hybridized carbons (Fsp3) is 0. The standard InChI is InChI=1S/C16H10N2O/c17-10-15-13(12-6-2-4-8-16(12)19)9-11-5-1-3-7-14(11)18-15/h1-9,19H. The van der Waals surface area contributed by atoms with Gasteiger partial charge in [-0.1, -0.05) is 36.4 Å². The third kappa shape index (κ3) is 1.90. The Morgan fingerprint density at radius 3 is 2.47 bits per heavy atom. The molecule has 0 spiro atoms. The average molecular weight is 246 g/mol. The first-order valence-corrected chi connectivity index (χ1v) is 5.88. The quantitative estimate of drug-likeness (QED) is 0.715. The van der Waals surface area contributed by atoms with Crippen molar-refractivity contribution in [2.75, 3.05) is 0 Å². The highest BCUT2D eigenvalue weighted by Crippen LogP contribution is 2.32. The Kier molecular flexibility index (Phi) is 2.62. The van der Waals surface area contributed by atoms with Crippen LogP contribution in [0, 0.1) is 11.3 Å². The molecular formula is C16H10N2O. The van der Waals surface area contributed by atoms with Gasteiger partial charge in [0.15, 0.2) is 0 Å². The van der Waals surface area contributed by atoms with Crippen molar-refractivity contribution in [1.29, 1.82) is 5.26 Å². The first-order valence-electron chi connectivity index (χ1n) is 5.88. The summed E-state index contributed by atoms with van der Waals surface area (Å²) in [6, 6.07) is 18.5. The predicted molar refractivity (Wildman–Crippen MR) is 73.6 cm³/mol. The van der Waals surface area contributed by atoms with E-state index in [9.17, 15) is 10.4 Å². The van der Waals surface area contributed by atoms with E-state index in [4.69, 9.17) is 0 Å². The minimum atomic E-state index is 0.149. The number of para-hydroxylation sites is 2. The number of fused-ring (bicyclic) bond motifs is 1. The number of rotatable bonds is 1. The van der Waals surface area contributed by atoms with Crippen LogP contribution in [-0.4, -0.2) is 10.1 Å². The van der Waals surface area contributed by atoms with Gasteiger partial charge in [-0.3, -0.25) is 0 Å². The Labute approximate surface area is 110 Å². The first kappa shape index (κ1) is 11.2. The monoisotopic (exact) mass is 246 g/mol. The van der Waals surface area contributed by atoms with Crippen molar-refractivity contribution in [3.05, 3.63) is 60.3 Å². The minimum absolute atomic E-state index is 0.149. The smallest absolute Gasteiger partial charge is 0.149 e. The van der Waals surface area contributed by atoms with E-state index < -0.39 is 0 Å². The molecule has 1 aromatic heterocycles. The van der Waals surface area contributed by atoms with E-state index in [1.165, 1.54) is 0 Å². The van der Waals surface area contributed by atoms with Gasteiger partial charge in [-0.05, 0) is 18.2 Å². The van der Waals surface area contributed by atoms with Gasteiger partial charge in [-0.25, -0.2) is 4.98 Å². The Morgan fingerprint density at radius 2 is 1.68 bits per heavy atom. The molecule has 0 aliphatic heterocycles. The molecule has 3 rings (SSSR count). The van der Waals surface area contributed by atoms with Crippen molar-refractivity contribution in [2.24, 2.45) is 0 Å². The summed E-state index contributed by atoms with van der Waals surface area (Å²) < 4.78 is 0. The number of nitrogens with zero attached hydrogens (tertiary/aromatic N) is 2. The molecule has 0 saturated carbocycles. The molecule has 0 radical (unpaired) electrons. The summed E-state index contributed by atoms with van der Waals surface area (Å²) in [4.78, 5) is 4.34. The summed E-state index contributed by atoms with van der Waals surface area (Å²) in [5.41, 5.74) is 2.37. The van der Waals surface area contributed by atoms with Crippen molar-refractivity contribution in [3.8, 4) is 22.9 Å². The number of pyridine rings is 1. The van der Waals surface area contributed by atoms with Crippen LogP contribution in [0.25, 0.3) is 22.0 Å². The van der Waals surface area contributed by atoms with Crippen molar-refractivity contribution < 1.29 is 5.11 Å². The van der Waals surface area contributed by atoms with Crippen molar-refractivity contribution in [2.45, 2.75) is 0 Å². The molecule has 90 valence electrons. The molecule has 0 unspecified atom stereocenters. The van der Waals surface area contributed by atoms with Crippen LogP contribution in [0.3, 0.4) is 0 Å². The maximum Gasteiger partial charge on any atom is 0.149 e.